The molecule has 0 unspecified atom stereocenters. The van der Waals surface area contributed by atoms with E-state index >= 15 is 0 Å². The fourth-order valence-corrected chi connectivity index (χ4v) is 11.5. The SMILES string of the molecule is CC(C)(C)c1ccc(N2B3c4cc5sc6ccccc6c5cc4-n4c5ccc(C(C)(C)C)cc5c5c6oc7ccccc7c6c(c3c54)-c3cc(C(C)(C)C)ccc32)cc1. The van der Waals surface area contributed by atoms with Crippen molar-refractivity contribution in [3.8, 4) is 16.8 Å². The molecule has 0 N–H and O–H groups in total. The minimum atomic E-state index is -0.0949. The zero-order chi connectivity index (χ0) is 40.5. The molecule has 2 aliphatic rings. The van der Waals surface area contributed by atoms with Crippen molar-refractivity contribution in [3.63, 3.8) is 0 Å². The number of thiophene rings is 1. The summed E-state index contributed by atoms with van der Waals surface area (Å²) in [5.74, 6) is 0. The van der Waals surface area contributed by atoms with Gasteiger partial charge in [-0.15, -0.1) is 11.3 Å². The quantitative estimate of drug-likeness (QED) is 0.155. The smallest absolute Gasteiger partial charge is 0.333 e. The van der Waals surface area contributed by atoms with Crippen molar-refractivity contribution >= 4 is 104 Å². The van der Waals surface area contributed by atoms with Gasteiger partial charge in [-0.3, -0.25) is 0 Å². The van der Waals surface area contributed by atoms with E-state index < -0.39 is 0 Å². The maximum absolute atomic E-state index is 7.19. The van der Waals surface area contributed by atoms with Crippen LogP contribution in [0.25, 0.3) is 80.7 Å². The Morgan fingerprint density at radius 3 is 1.95 bits per heavy atom. The van der Waals surface area contributed by atoms with Crippen molar-refractivity contribution in [1.82, 2.24) is 4.57 Å². The molecule has 5 heterocycles. The van der Waals surface area contributed by atoms with Gasteiger partial charge in [-0.2, -0.15) is 0 Å². The first-order valence-corrected chi connectivity index (χ1v) is 21.9. The number of para-hydroxylation sites is 1. The van der Waals surface area contributed by atoms with Gasteiger partial charge in [0, 0.05) is 59.0 Å². The second-order valence-electron chi connectivity index (χ2n) is 20.2. The topological polar surface area (TPSA) is 21.3 Å². The summed E-state index contributed by atoms with van der Waals surface area (Å²) < 4.78 is 12.4. The van der Waals surface area contributed by atoms with E-state index in [0.29, 0.717) is 0 Å². The highest BCUT2D eigenvalue weighted by atomic mass is 32.1. The number of anilines is 2. The molecule has 0 amide bonds. The molecule has 5 heteroatoms. The lowest BCUT2D eigenvalue weighted by molar-refractivity contribution is 0.590. The number of rotatable bonds is 1. The van der Waals surface area contributed by atoms with E-state index in [-0.39, 0.29) is 23.1 Å². The summed E-state index contributed by atoms with van der Waals surface area (Å²) in [5.41, 5.74) is 17.3. The molecule has 10 aromatic rings. The van der Waals surface area contributed by atoms with E-state index in [4.69, 9.17) is 4.42 Å². The van der Waals surface area contributed by atoms with Gasteiger partial charge < -0.3 is 13.8 Å². The molecule has 59 heavy (non-hydrogen) atoms. The van der Waals surface area contributed by atoms with E-state index in [9.17, 15) is 0 Å². The van der Waals surface area contributed by atoms with E-state index in [1.165, 1.54) is 109 Å². The summed E-state index contributed by atoms with van der Waals surface area (Å²) in [7, 11) is 0. The summed E-state index contributed by atoms with van der Waals surface area (Å²) in [6, 6.07) is 46.6. The van der Waals surface area contributed by atoms with Crippen LogP contribution < -0.4 is 15.7 Å². The zero-order valence-electron chi connectivity index (χ0n) is 35.3. The van der Waals surface area contributed by atoms with Crippen LogP contribution >= 0.6 is 11.3 Å². The highest BCUT2D eigenvalue weighted by Crippen LogP contribution is 2.52. The largest absolute Gasteiger partial charge is 0.455 e. The maximum Gasteiger partial charge on any atom is 0.333 e. The van der Waals surface area contributed by atoms with Gasteiger partial charge in [0.25, 0.3) is 0 Å². The van der Waals surface area contributed by atoms with Crippen molar-refractivity contribution in [2.24, 2.45) is 0 Å². The highest BCUT2D eigenvalue weighted by molar-refractivity contribution is 7.26. The molecular formula is C54H47BN2OS. The predicted octanol–water partition coefficient (Wildman–Crippen LogP) is 14.2. The van der Waals surface area contributed by atoms with Crippen LogP contribution in [0.1, 0.15) is 79.0 Å². The number of fused-ring (bicyclic) bond motifs is 16. The number of hydrogen-bond acceptors (Lipinski definition) is 3. The third-order valence-corrected chi connectivity index (χ3v) is 14.6. The van der Waals surface area contributed by atoms with Gasteiger partial charge in [-0.25, -0.2) is 0 Å². The Bertz CT molecular complexity index is 3450. The molecule has 288 valence electrons. The van der Waals surface area contributed by atoms with Crippen LogP contribution in [0.4, 0.5) is 11.4 Å². The molecule has 0 fully saturated rings. The van der Waals surface area contributed by atoms with Crippen LogP contribution in [0.5, 0.6) is 0 Å². The van der Waals surface area contributed by atoms with Crippen LogP contribution in [-0.2, 0) is 16.2 Å². The minimum Gasteiger partial charge on any atom is -0.455 e. The molecule has 0 bridgehead atoms. The van der Waals surface area contributed by atoms with Gasteiger partial charge in [-0.05, 0) is 110 Å². The van der Waals surface area contributed by atoms with Crippen LogP contribution in [-0.4, -0.2) is 11.4 Å². The molecule has 2 aliphatic heterocycles. The molecular weight excluding hydrogens is 735 g/mol. The van der Waals surface area contributed by atoms with Gasteiger partial charge in [-0.1, -0.05) is 123 Å². The summed E-state index contributed by atoms with van der Waals surface area (Å²) in [6.07, 6.45) is 0. The molecule has 0 aliphatic carbocycles. The summed E-state index contributed by atoms with van der Waals surface area (Å²) >= 11 is 1.91. The Morgan fingerprint density at radius 1 is 0.542 bits per heavy atom. The number of nitrogens with zero attached hydrogens (tertiary/aromatic N) is 2. The third-order valence-electron chi connectivity index (χ3n) is 13.4. The predicted molar refractivity (Wildman–Crippen MR) is 256 cm³/mol. The third kappa shape index (κ3) is 4.77. The zero-order valence-corrected chi connectivity index (χ0v) is 36.2. The van der Waals surface area contributed by atoms with Crippen molar-refractivity contribution < 1.29 is 4.42 Å². The van der Waals surface area contributed by atoms with Crippen molar-refractivity contribution in [2.45, 2.75) is 78.6 Å². The normalized spacial score (nSPS) is 14.1. The fourth-order valence-electron chi connectivity index (χ4n) is 10.3. The highest BCUT2D eigenvalue weighted by Gasteiger charge is 2.46. The first-order chi connectivity index (χ1) is 28.2. The van der Waals surface area contributed by atoms with E-state index in [1.807, 2.05) is 11.3 Å². The molecule has 0 saturated heterocycles. The van der Waals surface area contributed by atoms with E-state index in [2.05, 4.69) is 193 Å². The van der Waals surface area contributed by atoms with Crippen LogP contribution in [0.3, 0.4) is 0 Å². The molecule has 3 aromatic heterocycles. The molecule has 0 saturated carbocycles. The van der Waals surface area contributed by atoms with E-state index in [0.717, 1.165) is 11.2 Å². The fraction of sp³-hybridized carbons (Fsp3) is 0.222. The van der Waals surface area contributed by atoms with Gasteiger partial charge in [0.15, 0.2) is 0 Å². The second kappa shape index (κ2) is 11.5. The molecule has 0 spiro atoms. The van der Waals surface area contributed by atoms with Crippen molar-refractivity contribution in [2.75, 3.05) is 4.81 Å². The Morgan fingerprint density at radius 2 is 1.20 bits per heavy atom. The molecule has 7 aromatic carbocycles. The van der Waals surface area contributed by atoms with Crippen molar-refractivity contribution in [3.05, 3.63) is 138 Å². The van der Waals surface area contributed by atoms with Gasteiger partial charge in [0.05, 0.1) is 16.4 Å². The van der Waals surface area contributed by atoms with Crippen molar-refractivity contribution in [1.29, 1.82) is 0 Å². The molecule has 0 radical (unpaired) electrons. The lowest BCUT2D eigenvalue weighted by Gasteiger charge is -2.42. The number of hydrogen-bond donors (Lipinski definition) is 0. The van der Waals surface area contributed by atoms with Gasteiger partial charge in [0.1, 0.15) is 11.2 Å². The Balaban J connectivity index is 1.34. The van der Waals surface area contributed by atoms with Crippen LogP contribution in [0, 0.1) is 0 Å². The summed E-state index contributed by atoms with van der Waals surface area (Å²) in [5, 5.41) is 7.47. The molecule has 3 nitrogen and oxygen atoms in total. The average molecular weight is 783 g/mol. The molecule has 0 atom stereocenters. The average Bonchev–Trinajstić information content (AvgIpc) is 3.88. The Kier molecular flexibility index (Phi) is 6.85. The minimum absolute atomic E-state index is 0.0233. The summed E-state index contributed by atoms with van der Waals surface area (Å²) in [6.45, 7) is 20.8. The number of aromatic nitrogens is 1. The van der Waals surface area contributed by atoms with Gasteiger partial charge in [0.2, 0.25) is 0 Å². The standard InChI is InChI=1S/C54H47BN2OS/c1-52(2,3)30-18-22-33(23-19-30)57-41-25-21-32(54(7,8)9)27-38(41)46-47-35-15-10-12-16-43(35)58-51(47)48-37-26-31(53(4,5)6)20-24-40(37)56-42-28-36-34-14-11-13-17-44(34)59-45(36)29-39(42)55(57)49(46)50(48)56/h10-29H,1-9H3. The number of benzene rings is 7. The lowest BCUT2D eigenvalue weighted by Crippen LogP contribution is -2.60. The van der Waals surface area contributed by atoms with Crippen LogP contribution in [0.2, 0.25) is 0 Å². The Labute approximate surface area is 350 Å². The Hall–Kier alpha value is -5.78. The number of furan rings is 1. The first kappa shape index (κ1) is 35.2. The molecule has 12 rings (SSSR count). The maximum atomic E-state index is 7.19. The van der Waals surface area contributed by atoms with Gasteiger partial charge >= 0.3 is 6.85 Å². The lowest BCUT2D eigenvalue weighted by atomic mass is 9.43. The van der Waals surface area contributed by atoms with E-state index in [1.54, 1.807) is 0 Å². The van der Waals surface area contributed by atoms with Crippen LogP contribution in [0.15, 0.2) is 126 Å². The second-order valence-corrected chi connectivity index (χ2v) is 21.3. The summed E-state index contributed by atoms with van der Waals surface area (Å²) in [4.78, 5) is 2.67. The monoisotopic (exact) mass is 782 g/mol. The first-order valence-electron chi connectivity index (χ1n) is 21.1.